The average molecular weight is 390 g/mol. The van der Waals surface area contributed by atoms with Crippen LogP contribution in [0.4, 0.5) is 0 Å². The second-order valence-electron chi connectivity index (χ2n) is 6.11. The smallest absolute Gasteiger partial charge is 0.231 e. The van der Waals surface area contributed by atoms with Crippen LogP contribution in [0, 0.1) is 0 Å². The Morgan fingerprint density at radius 3 is 2.11 bits per heavy atom. The highest BCUT2D eigenvalue weighted by Gasteiger charge is 2.27. The summed E-state index contributed by atoms with van der Waals surface area (Å²) >= 11 is 0. The first-order valence-electron chi connectivity index (χ1n) is 9.19. The topological polar surface area (TPSA) is 75.6 Å². The van der Waals surface area contributed by atoms with Gasteiger partial charge >= 0.3 is 0 Å². The van der Waals surface area contributed by atoms with Crippen molar-refractivity contribution in [2.24, 2.45) is 0 Å². The number of fused-ring (bicyclic) bond motifs is 1. The van der Waals surface area contributed by atoms with E-state index in [0.29, 0.717) is 52.9 Å². The second-order valence-corrected chi connectivity index (χ2v) is 6.11. The maximum Gasteiger partial charge on any atom is 0.231 e. The summed E-state index contributed by atoms with van der Waals surface area (Å²) in [5, 5.41) is 11.2. The van der Waals surface area contributed by atoms with Crippen LogP contribution >= 0.6 is 0 Å². The van der Waals surface area contributed by atoms with Gasteiger partial charge in [-0.25, -0.2) is 0 Å². The largest absolute Gasteiger partial charge is 0.490 e. The second kappa shape index (κ2) is 9.14. The van der Waals surface area contributed by atoms with Crippen LogP contribution in [0.5, 0.6) is 23.0 Å². The maximum absolute atomic E-state index is 11.2. The van der Waals surface area contributed by atoms with Gasteiger partial charge in [0.15, 0.2) is 29.3 Å². The fourth-order valence-electron chi connectivity index (χ4n) is 3.18. The Labute approximate surface area is 164 Å². The first kappa shape index (κ1) is 20.3. The number of hydrogen-bond donors (Lipinski definition) is 1. The lowest BCUT2D eigenvalue weighted by Gasteiger charge is -2.22. The molecule has 0 aliphatic carbocycles. The van der Waals surface area contributed by atoms with Crippen molar-refractivity contribution in [2.75, 3.05) is 34.2 Å². The molecule has 152 valence electrons. The first-order chi connectivity index (χ1) is 13.6. The van der Waals surface area contributed by atoms with E-state index in [9.17, 15) is 5.11 Å². The molecule has 0 fully saturated rings. The van der Waals surface area contributed by atoms with Gasteiger partial charge in [-0.3, -0.25) is 0 Å². The monoisotopic (exact) mass is 390 g/mol. The molecule has 3 rings (SSSR count). The average Bonchev–Trinajstić information content (AvgIpc) is 3.17. The highest BCUT2D eigenvalue weighted by molar-refractivity contribution is 5.53. The van der Waals surface area contributed by atoms with Crippen molar-refractivity contribution in [3.63, 3.8) is 0 Å². The number of aliphatic hydroxyl groups excluding tert-OH is 1. The Kier molecular flexibility index (Phi) is 6.61. The van der Waals surface area contributed by atoms with E-state index in [-0.39, 0.29) is 6.79 Å². The predicted octanol–water partition coefficient (Wildman–Crippen LogP) is 3.59. The van der Waals surface area contributed by atoms with Crippen molar-refractivity contribution < 1.29 is 33.5 Å². The van der Waals surface area contributed by atoms with Gasteiger partial charge in [0.05, 0.1) is 13.2 Å². The molecular formula is C21H26O7. The summed E-state index contributed by atoms with van der Waals surface area (Å²) in [6.45, 7) is 4.96. The summed E-state index contributed by atoms with van der Waals surface area (Å²) in [6.07, 6.45) is -1.61. The molecule has 0 saturated carbocycles. The first-order valence-corrected chi connectivity index (χ1v) is 9.19. The molecule has 1 N–H and O–H groups in total. The van der Waals surface area contributed by atoms with Gasteiger partial charge in [0.25, 0.3) is 0 Å². The van der Waals surface area contributed by atoms with Crippen molar-refractivity contribution >= 4 is 0 Å². The molecule has 0 radical (unpaired) electrons. The minimum absolute atomic E-state index is 0.135. The number of ether oxygens (including phenoxy) is 6. The van der Waals surface area contributed by atoms with E-state index < -0.39 is 12.4 Å². The lowest BCUT2D eigenvalue weighted by Crippen LogP contribution is -2.11. The van der Waals surface area contributed by atoms with Crippen LogP contribution in [0.25, 0.3) is 0 Å². The molecule has 1 heterocycles. The van der Waals surface area contributed by atoms with Crippen molar-refractivity contribution in [1.82, 2.24) is 0 Å². The summed E-state index contributed by atoms with van der Waals surface area (Å²) < 4.78 is 33.0. The standard InChI is InChI=1S/C21H26O7/c1-5-25-16-8-7-13(9-17(16)26-6-2)20(22)14-10-18-19(28-12-27-18)11-15(14)21(23-3)24-4/h7-11,20-22H,5-6,12H2,1-4H3. The highest BCUT2D eigenvalue weighted by Crippen LogP contribution is 2.42. The van der Waals surface area contributed by atoms with E-state index in [2.05, 4.69) is 0 Å². The molecule has 7 nitrogen and oxygen atoms in total. The molecule has 0 amide bonds. The van der Waals surface area contributed by atoms with E-state index in [1.54, 1.807) is 44.6 Å². The van der Waals surface area contributed by atoms with E-state index in [1.807, 2.05) is 13.8 Å². The van der Waals surface area contributed by atoms with E-state index >= 15 is 0 Å². The van der Waals surface area contributed by atoms with Gasteiger partial charge in [-0.1, -0.05) is 6.07 Å². The normalized spacial score (nSPS) is 13.6. The molecule has 0 bridgehead atoms. The minimum Gasteiger partial charge on any atom is -0.490 e. The number of hydrogen-bond acceptors (Lipinski definition) is 7. The van der Waals surface area contributed by atoms with E-state index in [0.717, 1.165) is 0 Å². The van der Waals surface area contributed by atoms with E-state index in [1.165, 1.54) is 0 Å². The third-order valence-corrected chi connectivity index (χ3v) is 4.44. The molecule has 28 heavy (non-hydrogen) atoms. The zero-order valence-corrected chi connectivity index (χ0v) is 16.6. The Balaban J connectivity index is 2.04. The number of benzene rings is 2. The Morgan fingerprint density at radius 2 is 1.50 bits per heavy atom. The molecule has 2 aromatic rings. The number of aliphatic hydroxyl groups is 1. The van der Waals surface area contributed by atoms with Crippen LogP contribution in [0.15, 0.2) is 30.3 Å². The van der Waals surface area contributed by atoms with Gasteiger partial charge in [0.2, 0.25) is 6.79 Å². The molecule has 7 heteroatoms. The number of rotatable bonds is 9. The maximum atomic E-state index is 11.2. The third-order valence-electron chi connectivity index (χ3n) is 4.44. The summed E-state index contributed by atoms with van der Waals surface area (Å²) in [4.78, 5) is 0. The zero-order chi connectivity index (χ0) is 20.1. The zero-order valence-electron chi connectivity index (χ0n) is 16.6. The van der Waals surface area contributed by atoms with Crippen molar-refractivity contribution in [3.8, 4) is 23.0 Å². The van der Waals surface area contributed by atoms with Crippen LogP contribution in [0.3, 0.4) is 0 Å². The van der Waals surface area contributed by atoms with Gasteiger partial charge in [0, 0.05) is 19.8 Å². The predicted molar refractivity (Wildman–Crippen MR) is 102 cm³/mol. The molecular weight excluding hydrogens is 364 g/mol. The van der Waals surface area contributed by atoms with Crippen molar-refractivity contribution in [2.45, 2.75) is 26.2 Å². The highest BCUT2D eigenvalue weighted by atomic mass is 16.7. The van der Waals surface area contributed by atoms with Gasteiger partial charge < -0.3 is 33.5 Å². The molecule has 0 aromatic heterocycles. The van der Waals surface area contributed by atoms with Gasteiger partial charge in [-0.2, -0.15) is 0 Å². The Bertz CT molecular complexity index is 802. The third kappa shape index (κ3) is 4.01. The molecule has 1 unspecified atom stereocenters. The van der Waals surface area contributed by atoms with Crippen LogP contribution in [-0.2, 0) is 9.47 Å². The molecule has 2 aromatic carbocycles. The fraction of sp³-hybridized carbons (Fsp3) is 0.429. The number of methoxy groups -OCH3 is 2. The van der Waals surface area contributed by atoms with Gasteiger partial charge in [0.1, 0.15) is 6.10 Å². The van der Waals surface area contributed by atoms with Crippen LogP contribution in [-0.4, -0.2) is 39.3 Å². The van der Waals surface area contributed by atoms with Gasteiger partial charge in [-0.05, 0) is 49.2 Å². The molecule has 1 aliphatic rings. The summed E-state index contributed by atoms with van der Waals surface area (Å²) in [7, 11) is 3.08. The fourth-order valence-corrected chi connectivity index (χ4v) is 3.18. The van der Waals surface area contributed by atoms with Gasteiger partial charge in [-0.15, -0.1) is 0 Å². The van der Waals surface area contributed by atoms with Crippen LogP contribution in [0.1, 0.15) is 42.9 Å². The minimum atomic E-state index is -0.952. The molecule has 1 atom stereocenters. The Hall–Kier alpha value is -2.48. The Morgan fingerprint density at radius 1 is 0.893 bits per heavy atom. The van der Waals surface area contributed by atoms with Crippen LogP contribution < -0.4 is 18.9 Å². The summed E-state index contributed by atoms with van der Waals surface area (Å²) in [5.74, 6) is 2.38. The SMILES string of the molecule is CCOc1ccc(C(O)c2cc3c(cc2C(OC)OC)OCO3)cc1OCC. The molecule has 0 saturated heterocycles. The van der Waals surface area contributed by atoms with Crippen LogP contribution in [0.2, 0.25) is 0 Å². The quantitative estimate of drug-likeness (QED) is 0.656. The lowest BCUT2D eigenvalue weighted by molar-refractivity contribution is -0.107. The van der Waals surface area contributed by atoms with Crippen molar-refractivity contribution in [3.05, 3.63) is 47.0 Å². The molecule has 1 aliphatic heterocycles. The van der Waals surface area contributed by atoms with E-state index in [4.69, 9.17) is 28.4 Å². The summed E-state index contributed by atoms with van der Waals surface area (Å²) in [5.41, 5.74) is 1.91. The lowest BCUT2D eigenvalue weighted by atomic mass is 9.95. The summed E-state index contributed by atoms with van der Waals surface area (Å²) in [6, 6.07) is 8.91. The molecule has 0 spiro atoms. The van der Waals surface area contributed by atoms with Crippen molar-refractivity contribution in [1.29, 1.82) is 0 Å².